The molecule has 1 aromatic carbocycles. The van der Waals surface area contributed by atoms with Crippen molar-refractivity contribution in [2.24, 2.45) is 0 Å². The largest absolute Gasteiger partial charge is 0.466 e. The van der Waals surface area contributed by atoms with Crippen LogP contribution in [-0.4, -0.2) is 48.7 Å². The zero-order valence-corrected chi connectivity index (χ0v) is 14.9. The third-order valence-electron chi connectivity index (χ3n) is 3.22. The van der Waals surface area contributed by atoms with Crippen molar-refractivity contribution < 1.29 is 23.8 Å². The number of anilines is 1. The maximum atomic E-state index is 13.5. The fourth-order valence-corrected chi connectivity index (χ4v) is 2.77. The van der Waals surface area contributed by atoms with Gasteiger partial charge in [0.1, 0.15) is 11.5 Å². The molecule has 0 spiro atoms. The molecule has 0 aromatic heterocycles. The van der Waals surface area contributed by atoms with E-state index in [1.165, 1.54) is 18.1 Å². The van der Waals surface area contributed by atoms with Crippen molar-refractivity contribution in [3.05, 3.63) is 37.8 Å². The molecule has 0 atom stereocenters. The Labute approximate surface area is 150 Å². The topological polar surface area (TPSA) is 78.9 Å². The van der Waals surface area contributed by atoms with Gasteiger partial charge in [-0.15, -0.1) is 0 Å². The molecule has 0 radical (unpaired) electrons. The highest BCUT2D eigenvalue weighted by molar-refractivity contribution is 14.1. The number of nitrogens with one attached hydrogen (secondary N) is 1. The number of halogens is 3. The number of hydrogen-bond donors (Lipinski definition) is 2. The Morgan fingerprint density at radius 1 is 1.57 bits per heavy atom. The molecule has 2 N–H and O–H groups in total. The molecule has 0 saturated heterocycles. The van der Waals surface area contributed by atoms with E-state index in [0.717, 1.165) is 6.07 Å². The van der Waals surface area contributed by atoms with Crippen molar-refractivity contribution in [1.29, 1.82) is 0 Å². The first-order valence-electron chi connectivity index (χ1n) is 6.52. The summed E-state index contributed by atoms with van der Waals surface area (Å²) in [6.07, 6.45) is 0. The summed E-state index contributed by atoms with van der Waals surface area (Å²) < 4.78 is 18.5. The highest BCUT2D eigenvalue weighted by atomic mass is 127. The van der Waals surface area contributed by atoms with Crippen molar-refractivity contribution in [1.82, 2.24) is 4.90 Å². The van der Waals surface area contributed by atoms with Gasteiger partial charge in [-0.25, -0.2) is 9.18 Å². The van der Waals surface area contributed by atoms with E-state index >= 15 is 0 Å². The van der Waals surface area contributed by atoms with Crippen LogP contribution in [0.15, 0.2) is 23.4 Å². The number of aliphatic hydroxyl groups is 1. The number of β-amino-alcohol motifs (C(OH)–C–C–N with tert-alkyl or cyclic N) is 1. The zero-order valence-electron chi connectivity index (χ0n) is 12.0. The van der Waals surface area contributed by atoms with Crippen LogP contribution in [0.2, 0.25) is 5.02 Å². The molecule has 9 heteroatoms. The molecule has 1 amide bonds. The number of esters is 1. The Morgan fingerprint density at radius 3 is 2.87 bits per heavy atom. The van der Waals surface area contributed by atoms with E-state index in [1.807, 2.05) is 0 Å². The van der Waals surface area contributed by atoms with Crippen LogP contribution in [-0.2, 0) is 14.3 Å². The first kappa shape index (κ1) is 18.0. The molecule has 1 heterocycles. The number of aliphatic hydroxyl groups excluding tert-OH is 1. The average Bonchev–Trinajstić information content (AvgIpc) is 2.81. The minimum Gasteiger partial charge on any atom is -0.466 e. The van der Waals surface area contributed by atoms with Gasteiger partial charge in [0.05, 0.1) is 40.1 Å². The lowest BCUT2D eigenvalue weighted by Gasteiger charge is -2.15. The van der Waals surface area contributed by atoms with E-state index in [-0.39, 0.29) is 36.0 Å². The SMILES string of the molecule is COC(=O)C1=C(Nc2cc(I)c(F)cc2Cl)C(=O)N(CCO)C1. The van der Waals surface area contributed by atoms with Gasteiger partial charge in [0.2, 0.25) is 0 Å². The maximum Gasteiger partial charge on any atom is 0.337 e. The lowest BCUT2D eigenvalue weighted by Crippen LogP contribution is -2.31. The first-order valence-corrected chi connectivity index (χ1v) is 7.97. The molecule has 1 aliphatic rings. The van der Waals surface area contributed by atoms with Crippen LogP contribution in [0.4, 0.5) is 10.1 Å². The molecular formula is C14H13ClFIN2O4. The van der Waals surface area contributed by atoms with Gasteiger partial charge in [-0.2, -0.15) is 0 Å². The lowest BCUT2D eigenvalue weighted by molar-refractivity contribution is -0.136. The Bertz CT molecular complexity index is 696. The Hall–Kier alpha value is -1.39. The zero-order chi connectivity index (χ0) is 17.1. The molecule has 0 bridgehead atoms. The number of ether oxygens (including phenoxy) is 1. The second kappa shape index (κ2) is 7.45. The molecule has 1 aliphatic heterocycles. The highest BCUT2D eigenvalue weighted by Crippen LogP contribution is 2.30. The fourth-order valence-electron chi connectivity index (χ4n) is 2.10. The van der Waals surface area contributed by atoms with Gasteiger partial charge in [-0.1, -0.05) is 11.6 Å². The molecule has 0 aliphatic carbocycles. The van der Waals surface area contributed by atoms with E-state index < -0.39 is 17.7 Å². The molecular weight excluding hydrogens is 442 g/mol. The number of methoxy groups -OCH3 is 1. The van der Waals surface area contributed by atoms with Crippen LogP contribution in [0, 0.1) is 9.39 Å². The Kier molecular flexibility index (Phi) is 5.82. The number of amides is 1. The second-order valence-electron chi connectivity index (χ2n) is 4.67. The van der Waals surface area contributed by atoms with Crippen LogP contribution < -0.4 is 5.32 Å². The first-order chi connectivity index (χ1) is 10.9. The normalized spacial score (nSPS) is 14.5. The van der Waals surface area contributed by atoms with Gasteiger partial charge in [-0.05, 0) is 34.7 Å². The quantitative estimate of drug-likeness (QED) is 0.403. The number of carbonyl (C=O) groups excluding carboxylic acids is 2. The van der Waals surface area contributed by atoms with Crippen molar-refractivity contribution in [3.63, 3.8) is 0 Å². The fraction of sp³-hybridized carbons (Fsp3) is 0.286. The van der Waals surface area contributed by atoms with Crippen LogP contribution in [0.5, 0.6) is 0 Å². The summed E-state index contributed by atoms with van der Waals surface area (Å²) in [4.78, 5) is 25.5. The Morgan fingerprint density at radius 2 is 2.26 bits per heavy atom. The maximum absolute atomic E-state index is 13.5. The van der Waals surface area contributed by atoms with Crippen LogP contribution >= 0.6 is 34.2 Å². The van der Waals surface area contributed by atoms with Gasteiger partial charge < -0.3 is 20.1 Å². The molecule has 6 nitrogen and oxygen atoms in total. The van der Waals surface area contributed by atoms with Crippen LogP contribution in [0.3, 0.4) is 0 Å². The standard InChI is InChI=1S/C14H13ClFIN2O4/c1-23-14(22)7-6-19(2-3-20)13(21)12(7)18-11-5-10(17)9(16)4-8(11)15/h4-5,18,20H,2-3,6H2,1H3. The number of hydrogen-bond acceptors (Lipinski definition) is 5. The third kappa shape index (κ3) is 3.75. The van der Waals surface area contributed by atoms with E-state index in [2.05, 4.69) is 10.1 Å². The highest BCUT2D eigenvalue weighted by Gasteiger charge is 2.34. The third-order valence-corrected chi connectivity index (χ3v) is 4.36. The summed E-state index contributed by atoms with van der Waals surface area (Å²) in [5, 5.41) is 11.9. The van der Waals surface area contributed by atoms with E-state index in [4.69, 9.17) is 16.7 Å². The number of benzene rings is 1. The number of rotatable bonds is 5. The smallest absolute Gasteiger partial charge is 0.337 e. The molecule has 1 aromatic rings. The van der Waals surface area contributed by atoms with Crippen molar-refractivity contribution >= 4 is 51.8 Å². The second-order valence-corrected chi connectivity index (χ2v) is 6.24. The minimum absolute atomic E-state index is 0.00890. The average molecular weight is 455 g/mol. The van der Waals surface area contributed by atoms with Gasteiger partial charge in [0, 0.05) is 6.54 Å². The molecule has 23 heavy (non-hydrogen) atoms. The molecule has 0 unspecified atom stereocenters. The summed E-state index contributed by atoms with van der Waals surface area (Å²) in [6, 6.07) is 2.55. The number of nitrogens with zero attached hydrogens (tertiary/aromatic N) is 1. The van der Waals surface area contributed by atoms with Crippen molar-refractivity contribution in [2.75, 3.05) is 32.1 Å². The monoisotopic (exact) mass is 454 g/mol. The number of carbonyl (C=O) groups is 2. The molecule has 0 fully saturated rings. The van der Waals surface area contributed by atoms with Crippen molar-refractivity contribution in [2.45, 2.75) is 0 Å². The van der Waals surface area contributed by atoms with Gasteiger partial charge in [0.15, 0.2) is 0 Å². The summed E-state index contributed by atoms with van der Waals surface area (Å²) in [6.45, 7) is -0.133. The molecule has 2 rings (SSSR count). The van der Waals surface area contributed by atoms with Gasteiger partial charge >= 0.3 is 5.97 Å². The van der Waals surface area contributed by atoms with Crippen LogP contribution in [0.25, 0.3) is 0 Å². The molecule has 124 valence electrons. The summed E-state index contributed by atoms with van der Waals surface area (Å²) in [5.74, 6) is -1.60. The van der Waals surface area contributed by atoms with Gasteiger partial charge in [-0.3, -0.25) is 4.79 Å². The lowest BCUT2D eigenvalue weighted by atomic mass is 10.2. The summed E-state index contributed by atoms with van der Waals surface area (Å²) in [7, 11) is 1.21. The van der Waals surface area contributed by atoms with Gasteiger partial charge in [0.25, 0.3) is 5.91 Å². The predicted molar refractivity (Wildman–Crippen MR) is 90.5 cm³/mol. The van der Waals surface area contributed by atoms with Crippen LogP contribution in [0.1, 0.15) is 0 Å². The van der Waals surface area contributed by atoms with E-state index in [0.29, 0.717) is 9.26 Å². The van der Waals surface area contributed by atoms with E-state index in [9.17, 15) is 14.0 Å². The van der Waals surface area contributed by atoms with E-state index in [1.54, 1.807) is 22.6 Å². The predicted octanol–water partition coefficient (Wildman–Crippen LogP) is 1.76. The van der Waals surface area contributed by atoms with Crippen molar-refractivity contribution in [3.8, 4) is 0 Å². The summed E-state index contributed by atoms with van der Waals surface area (Å²) in [5.41, 5.74) is 0.434. The molecule has 0 saturated carbocycles. The summed E-state index contributed by atoms with van der Waals surface area (Å²) >= 11 is 7.77. The minimum atomic E-state index is -0.658. The Balaban J connectivity index is 2.39.